The third kappa shape index (κ3) is 4.32. The zero-order chi connectivity index (χ0) is 21.6. The summed E-state index contributed by atoms with van der Waals surface area (Å²) >= 11 is 0. The van der Waals surface area contributed by atoms with Crippen LogP contribution in [-0.2, 0) is 15.5 Å². The van der Waals surface area contributed by atoms with Crippen molar-refractivity contribution >= 4 is 29.9 Å². The molecule has 8 nitrogen and oxygen atoms in total. The van der Waals surface area contributed by atoms with E-state index in [9.17, 15) is 23.3 Å². The highest BCUT2D eigenvalue weighted by Gasteiger charge is 2.52. The van der Waals surface area contributed by atoms with E-state index in [0.717, 1.165) is 12.3 Å². The Labute approximate surface area is 164 Å². The van der Waals surface area contributed by atoms with E-state index in [0.29, 0.717) is 5.46 Å². The van der Waals surface area contributed by atoms with E-state index < -0.39 is 35.1 Å². The Kier molecular flexibility index (Phi) is 5.04. The minimum Gasteiger partial charge on any atom is -0.399 e. The monoisotopic (exact) mass is 410 g/mol. The molecule has 1 fully saturated rings. The summed E-state index contributed by atoms with van der Waals surface area (Å²) in [5, 5.41) is 13.9. The van der Waals surface area contributed by atoms with Crippen LogP contribution < -0.4 is 10.8 Å². The highest BCUT2D eigenvalue weighted by molar-refractivity contribution is 6.62. The summed E-state index contributed by atoms with van der Waals surface area (Å²) in [5.41, 5.74) is -2.28. The van der Waals surface area contributed by atoms with Crippen LogP contribution in [-0.4, -0.2) is 33.2 Å². The smallest absolute Gasteiger partial charge is 0.399 e. The van der Waals surface area contributed by atoms with E-state index in [4.69, 9.17) is 9.31 Å². The normalized spacial score (nSPS) is 18.0. The zero-order valence-electron chi connectivity index (χ0n) is 16.1. The number of nitrogens with one attached hydrogen (secondary N) is 1. The Morgan fingerprint density at radius 3 is 2.31 bits per heavy atom. The number of nitro groups is 1. The van der Waals surface area contributed by atoms with Gasteiger partial charge in [-0.3, -0.25) is 10.1 Å². The second-order valence-electron chi connectivity index (χ2n) is 7.55. The molecule has 12 heteroatoms. The Morgan fingerprint density at radius 2 is 1.76 bits per heavy atom. The first-order chi connectivity index (χ1) is 13.3. The number of halogens is 3. The lowest BCUT2D eigenvalue weighted by molar-refractivity contribution is -0.384. The van der Waals surface area contributed by atoms with Crippen molar-refractivity contribution in [3.63, 3.8) is 0 Å². The quantitative estimate of drug-likeness (QED) is 0.468. The summed E-state index contributed by atoms with van der Waals surface area (Å²) in [6.45, 7) is 7.33. The molecule has 1 N–H and O–H groups in total. The fourth-order valence-corrected chi connectivity index (χ4v) is 2.63. The van der Waals surface area contributed by atoms with Crippen molar-refractivity contribution in [3.05, 3.63) is 46.3 Å². The molecule has 0 saturated carbocycles. The van der Waals surface area contributed by atoms with Crippen LogP contribution in [0.25, 0.3) is 0 Å². The topological polar surface area (TPSA) is 99.4 Å². The number of nitrogens with zero attached hydrogens (tertiary/aromatic N) is 3. The molecule has 0 bridgehead atoms. The summed E-state index contributed by atoms with van der Waals surface area (Å²) in [7, 11) is -0.886. The zero-order valence-corrected chi connectivity index (χ0v) is 16.1. The van der Waals surface area contributed by atoms with Crippen LogP contribution in [0.4, 0.5) is 30.5 Å². The van der Waals surface area contributed by atoms with Crippen LogP contribution in [0.5, 0.6) is 0 Å². The number of hydrogen-bond donors (Lipinski definition) is 1. The summed E-state index contributed by atoms with van der Waals surface area (Å²) in [4.78, 5) is 17.9. The molecule has 0 amide bonds. The van der Waals surface area contributed by atoms with E-state index >= 15 is 0 Å². The SMILES string of the molecule is CC1(C)OB(c2cc(Nc3nccc(C(F)(F)F)n3)cc([N+](=O)[O-])c2)OC1(C)C. The predicted molar refractivity (Wildman–Crippen MR) is 99.1 cm³/mol. The number of hydrogen-bond acceptors (Lipinski definition) is 7. The second kappa shape index (κ2) is 6.96. The highest BCUT2D eigenvalue weighted by atomic mass is 19.4. The highest BCUT2D eigenvalue weighted by Crippen LogP contribution is 2.37. The van der Waals surface area contributed by atoms with Gasteiger partial charge in [-0.05, 0) is 45.3 Å². The number of non-ortho nitro benzene ring substituents is 1. The van der Waals surface area contributed by atoms with Crippen LogP contribution in [0, 0.1) is 10.1 Å². The van der Waals surface area contributed by atoms with Crippen molar-refractivity contribution in [2.75, 3.05) is 5.32 Å². The predicted octanol–water partition coefficient (Wildman–Crippen LogP) is 3.45. The van der Waals surface area contributed by atoms with Gasteiger partial charge in [-0.1, -0.05) is 0 Å². The van der Waals surface area contributed by atoms with Gasteiger partial charge in [0, 0.05) is 24.0 Å². The molecule has 1 saturated heterocycles. The van der Waals surface area contributed by atoms with Crippen molar-refractivity contribution in [1.29, 1.82) is 0 Å². The molecule has 3 rings (SSSR count). The number of nitro benzene ring substituents is 1. The minimum absolute atomic E-state index is 0.128. The molecular weight excluding hydrogens is 392 g/mol. The lowest BCUT2D eigenvalue weighted by atomic mass is 9.78. The molecule has 1 aromatic heterocycles. The van der Waals surface area contributed by atoms with E-state index in [1.165, 1.54) is 18.2 Å². The molecule has 154 valence electrons. The van der Waals surface area contributed by atoms with Gasteiger partial charge in [0.15, 0.2) is 0 Å². The number of alkyl halides is 3. The van der Waals surface area contributed by atoms with Crippen molar-refractivity contribution < 1.29 is 27.4 Å². The standard InChI is InChI=1S/C17H18BF3N4O4/c1-15(2)16(3,4)29-18(28-15)10-7-11(9-12(8-10)25(26)27)23-14-22-6-5-13(24-14)17(19,20)21/h5-9H,1-4H3,(H,22,23,24). The fraction of sp³-hybridized carbons (Fsp3) is 0.412. The molecule has 0 unspecified atom stereocenters. The average molecular weight is 410 g/mol. The van der Waals surface area contributed by atoms with Gasteiger partial charge in [0.2, 0.25) is 5.95 Å². The van der Waals surface area contributed by atoms with Gasteiger partial charge in [-0.25, -0.2) is 9.97 Å². The van der Waals surface area contributed by atoms with Crippen LogP contribution in [0.3, 0.4) is 0 Å². The first-order valence-electron chi connectivity index (χ1n) is 8.61. The molecule has 29 heavy (non-hydrogen) atoms. The van der Waals surface area contributed by atoms with Crippen molar-refractivity contribution in [1.82, 2.24) is 9.97 Å². The lowest BCUT2D eigenvalue weighted by Crippen LogP contribution is -2.41. The van der Waals surface area contributed by atoms with Gasteiger partial charge in [0.1, 0.15) is 5.69 Å². The van der Waals surface area contributed by atoms with Crippen LogP contribution in [0.1, 0.15) is 33.4 Å². The maximum absolute atomic E-state index is 12.9. The number of anilines is 2. The third-order valence-corrected chi connectivity index (χ3v) is 4.88. The Hall–Kier alpha value is -2.73. The first-order valence-corrected chi connectivity index (χ1v) is 8.61. The van der Waals surface area contributed by atoms with E-state index in [1.54, 1.807) is 0 Å². The second-order valence-corrected chi connectivity index (χ2v) is 7.55. The van der Waals surface area contributed by atoms with E-state index in [-0.39, 0.29) is 17.3 Å². The van der Waals surface area contributed by atoms with Crippen LogP contribution in [0.15, 0.2) is 30.5 Å². The van der Waals surface area contributed by atoms with Crippen LogP contribution in [0.2, 0.25) is 0 Å². The van der Waals surface area contributed by atoms with Gasteiger partial charge >= 0.3 is 13.3 Å². The van der Waals surface area contributed by atoms with Crippen molar-refractivity contribution in [2.45, 2.75) is 45.1 Å². The maximum Gasteiger partial charge on any atom is 0.495 e. The van der Waals surface area contributed by atoms with E-state index in [1.807, 2.05) is 27.7 Å². The van der Waals surface area contributed by atoms with Gasteiger partial charge < -0.3 is 14.6 Å². The minimum atomic E-state index is -4.64. The molecule has 0 aliphatic carbocycles. The maximum atomic E-state index is 12.9. The van der Waals surface area contributed by atoms with Gasteiger partial charge in [0.25, 0.3) is 5.69 Å². The molecule has 0 radical (unpaired) electrons. The summed E-state index contributed by atoms with van der Waals surface area (Å²) < 4.78 is 50.4. The van der Waals surface area contributed by atoms with Gasteiger partial charge in [0.05, 0.1) is 16.1 Å². The average Bonchev–Trinajstić information content (AvgIpc) is 2.82. The molecular formula is C17H18BF3N4O4. The van der Waals surface area contributed by atoms with Crippen LogP contribution >= 0.6 is 0 Å². The molecule has 1 aromatic carbocycles. The number of aromatic nitrogens is 2. The number of rotatable bonds is 4. The molecule has 2 aromatic rings. The molecule has 0 spiro atoms. The summed E-state index contributed by atoms with van der Waals surface area (Å²) in [5.74, 6) is -0.347. The van der Waals surface area contributed by atoms with E-state index in [2.05, 4.69) is 15.3 Å². The van der Waals surface area contributed by atoms with Crippen molar-refractivity contribution in [2.24, 2.45) is 0 Å². The Balaban J connectivity index is 1.96. The molecule has 1 aliphatic heterocycles. The van der Waals surface area contributed by atoms with Gasteiger partial charge in [-0.15, -0.1) is 0 Å². The lowest BCUT2D eigenvalue weighted by Gasteiger charge is -2.32. The summed E-state index contributed by atoms with van der Waals surface area (Å²) in [6.07, 6.45) is -3.69. The largest absolute Gasteiger partial charge is 0.495 e. The first kappa shape index (κ1) is 21.0. The van der Waals surface area contributed by atoms with Gasteiger partial charge in [-0.2, -0.15) is 13.2 Å². The fourth-order valence-electron chi connectivity index (χ4n) is 2.63. The summed E-state index contributed by atoms with van der Waals surface area (Å²) in [6, 6.07) is 4.67. The third-order valence-electron chi connectivity index (χ3n) is 4.88. The molecule has 0 atom stereocenters. The Morgan fingerprint density at radius 1 is 1.14 bits per heavy atom. The molecule has 2 heterocycles. The number of benzene rings is 1. The Bertz CT molecular complexity index is 937. The van der Waals surface area contributed by atoms with Crippen molar-refractivity contribution in [3.8, 4) is 0 Å². The molecule has 1 aliphatic rings.